The molecule has 0 spiro atoms. The highest BCUT2D eigenvalue weighted by atomic mass is 16.6. The molecule has 1 amide bonds. The predicted molar refractivity (Wildman–Crippen MR) is 65.5 cm³/mol. The molecule has 1 aliphatic rings. The minimum atomic E-state index is -1.19. The third kappa shape index (κ3) is 3.25. The molecule has 0 radical (unpaired) electrons. The minimum Gasteiger partial charge on any atom is -0.481 e. The molecule has 1 aromatic rings. The van der Waals surface area contributed by atoms with Crippen molar-refractivity contribution >= 4 is 18.0 Å². The lowest BCUT2D eigenvalue weighted by molar-refractivity contribution is -0.144. The first-order valence-electron chi connectivity index (χ1n) is 5.93. The van der Waals surface area contributed by atoms with E-state index in [0.717, 1.165) is 10.5 Å². The van der Waals surface area contributed by atoms with Gasteiger partial charge in [0.2, 0.25) is 0 Å². The van der Waals surface area contributed by atoms with Crippen molar-refractivity contribution in [2.45, 2.75) is 19.1 Å². The summed E-state index contributed by atoms with van der Waals surface area (Å²) in [6.07, 6.45) is -1.27. The number of hydrogen-bond donors (Lipinski definition) is 1. The third-order valence-electron chi connectivity index (χ3n) is 2.80. The average Bonchev–Trinajstić information content (AvgIpc) is 2.78. The van der Waals surface area contributed by atoms with Crippen molar-refractivity contribution in [2.75, 3.05) is 6.73 Å². The molecule has 0 aromatic heterocycles. The van der Waals surface area contributed by atoms with Crippen LogP contribution in [0.25, 0.3) is 0 Å². The van der Waals surface area contributed by atoms with Crippen molar-refractivity contribution in [1.82, 2.24) is 4.90 Å². The number of nitrogens with zero attached hydrogens (tertiary/aromatic N) is 1. The molecular formula is C13H13NO6. The number of rotatable bonds is 4. The van der Waals surface area contributed by atoms with Gasteiger partial charge in [-0.15, -0.1) is 0 Å². The maximum atomic E-state index is 11.8. The quantitative estimate of drug-likeness (QED) is 0.826. The van der Waals surface area contributed by atoms with Crippen LogP contribution in [-0.4, -0.2) is 40.8 Å². The number of ether oxygens (including phenoxy) is 2. The van der Waals surface area contributed by atoms with Gasteiger partial charge in [0.25, 0.3) is 0 Å². The summed E-state index contributed by atoms with van der Waals surface area (Å²) in [5.74, 6) is -1.92. The molecule has 1 fully saturated rings. The number of cyclic esters (lactones) is 1. The van der Waals surface area contributed by atoms with Crippen molar-refractivity contribution in [3.63, 3.8) is 0 Å². The van der Waals surface area contributed by atoms with E-state index in [-0.39, 0.29) is 13.3 Å². The fourth-order valence-corrected chi connectivity index (χ4v) is 1.79. The first kappa shape index (κ1) is 13.9. The van der Waals surface area contributed by atoms with Gasteiger partial charge in [-0.05, 0) is 5.56 Å². The lowest BCUT2D eigenvalue weighted by atomic mass is 10.2. The molecule has 1 saturated heterocycles. The van der Waals surface area contributed by atoms with E-state index >= 15 is 0 Å². The summed E-state index contributed by atoms with van der Waals surface area (Å²) in [6.45, 7) is -0.242. The average molecular weight is 279 g/mol. The van der Waals surface area contributed by atoms with Crippen LogP contribution in [-0.2, 0) is 25.7 Å². The Hall–Kier alpha value is -2.57. The van der Waals surface area contributed by atoms with E-state index in [1.54, 1.807) is 24.3 Å². The Labute approximate surface area is 114 Å². The van der Waals surface area contributed by atoms with Crippen molar-refractivity contribution in [3.05, 3.63) is 35.9 Å². The number of aliphatic carboxylic acids is 1. The summed E-state index contributed by atoms with van der Waals surface area (Å²) in [5, 5.41) is 8.71. The lowest BCUT2D eigenvalue weighted by Crippen LogP contribution is -2.39. The highest BCUT2D eigenvalue weighted by molar-refractivity contribution is 5.87. The van der Waals surface area contributed by atoms with E-state index in [0.29, 0.717) is 0 Å². The number of carbonyl (C=O) groups is 3. The molecule has 0 bridgehead atoms. The van der Waals surface area contributed by atoms with E-state index in [4.69, 9.17) is 9.84 Å². The molecular weight excluding hydrogens is 266 g/mol. The van der Waals surface area contributed by atoms with Gasteiger partial charge < -0.3 is 14.6 Å². The van der Waals surface area contributed by atoms with E-state index < -0.39 is 30.5 Å². The fourth-order valence-electron chi connectivity index (χ4n) is 1.79. The van der Waals surface area contributed by atoms with Crippen molar-refractivity contribution in [3.8, 4) is 0 Å². The molecule has 7 heteroatoms. The Morgan fingerprint density at radius 1 is 1.35 bits per heavy atom. The van der Waals surface area contributed by atoms with Crippen LogP contribution in [0.15, 0.2) is 30.3 Å². The first-order chi connectivity index (χ1) is 9.58. The number of hydrogen-bond acceptors (Lipinski definition) is 5. The van der Waals surface area contributed by atoms with Gasteiger partial charge in [0.05, 0.1) is 6.42 Å². The van der Waals surface area contributed by atoms with Crippen molar-refractivity contribution in [2.24, 2.45) is 0 Å². The number of carboxylic acids is 1. The van der Waals surface area contributed by atoms with E-state index in [1.807, 2.05) is 6.07 Å². The van der Waals surface area contributed by atoms with Crippen LogP contribution in [0.3, 0.4) is 0 Å². The lowest BCUT2D eigenvalue weighted by Gasteiger charge is -2.18. The molecule has 0 saturated carbocycles. The smallest absolute Gasteiger partial charge is 0.413 e. The topological polar surface area (TPSA) is 93.1 Å². The Kier molecular flexibility index (Phi) is 4.19. The zero-order valence-electron chi connectivity index (χ0n) is 10.5. The summed E-state index contributed by atoms with van der Waals surface area (Å²) in [7, 11) is 0. The summed E-state index contributed by atoms with van der Waals surface area (Å²) >= 11 is 0. The Morgan fingerprint density at radius 3 is 2.70 bits per heavy atom. The summed E-state index contributed by atoms with van der Waals surface area (Å²) in [6, 6.07) is 7.89. The number of benzene rings is 1. The predicted octanol–water partition coefficient (Wildman–Crippen LogP) is 0.983. The molecule has 1 N–H and O–H groups in total. The standard InChI is InChI=1S/C13H13NO6/c15-11(16)6-10-12(17)20-8-14(10)13(18)19-7-9-4-2-1-3-5-9/h1-5,10H,6-8H2,(H,15,16)/t10-/m1/s1. The van der Waals surface area contributed by atoms with Crippen LogP contribution in [0.1, 0.15) is 12.0 Å². The van der Waals surface area contributed by atoms with Crippen LogP contribution in [0.4, 0.5) is 4.79 Å². The highest BCUT2D eigenvalue weighted by Crippen LogP contribution is 2.16. The van der Waals surface area contributed by atoms with Gasteiger partial charge in [0.1, 0.15) is 12.6 Å². The second kappa shape index (κ2) is 6.05. The zero-order chi connectivity index (χ0) is 14.5. The van der Waals surface area contributed by atoms with Gasteiger partial charge >= 0.3 is 18.0 Å². The Bertz CT molecular complexity index is 515. The zero-order valence-corrected chi connectivity index (χ0v) is 10.5. The SMILES string of the molecule is O=C(O)C[C@@H]1C(=O)OCN1C(=O)OCc1ccccc1. The molecule has 106 valence electrons. The van der Waals surface area contributed by atoms with Gasteiger partial charge in [-0.3, -0.25) is 9.69 Å². The summed E-state index contributed by atoms with van der Waals surface area (Å²) in [4.78, 5) is 34.8. The van der Waals surface area contributed by atoms with Gasteiger partial charge in [0.15, 0.2) is 6.73 Å². The number of carboxylic acid groups (broad SMARTS) is 1. The van der Waals surface area contributed by atoms with E-state index in [9.17, 15) is 14.4 Å². The van der Waals surface area contributed by atoms with Crippen LogP contribution in [0, 0.1) is 0 Å². The van der Waals surface area contributed by atoms with Crippen LogP contribution >= 0.6 is 0 Å². The Balaban J connectivity index is 1.94. The number of amides is 1. The largest absolute Gasteiger partial charge is 0.481 e. The van der Waals surface area contributed by atoms with Gasteiger partial charge in [-0.1, -0.05) is 30.3 Å². The monoisotopic (exact) mass is 279 g/mol. The fraction of sp³-hybridized carbons (Fsp3) is 0.308. The highest BCUT2D eigenvalue weighted by Gasteiger charge is 2.40. The Morgan fingerprint density at radius 2 is 2.05 bits per heavy atom. The molecule has 1 aromatic carbocycles. The normalized spacial score (nSPS) is 17.7. The van der Waals surface area contributed by atoms with E-state index in [1.165, 1.54) is 0 Å². The second-order valence-corrected chi connectivity index (χ2v) is 4.22. The molecule has 1 atom stereocenters. The van der Waals surface area contributed by atoms with Crippen LogP contribution in [0.2, 0.25) is 0 Å². The molecule has 1 aliphatic heterocycles. The molecule has 0 aliphatic carbocycles. The third-order valence-corrected chi connectivity index (χ3v) is 2.80. The molecule has 2 rings (SSSR count). The number of carbonyl (C=O) groups excluding carboxylic acids is 2. The molecule has 20 heavy (non-hydrogen) atoms. The summed E-state index contributed by atoms with van der Waals surface area (Å²) in [5.41, 5.74) is 0.794. The van der Waals surface area contributed by atoms with Crippen molar-refractivity contribution < 1.29 is 29.0 Å². The molecule has 1 heterocycles. The number of esters is 1. The van der Waals surface area contributed by atoms with Crippen molar-refractivity contribution in [1.29, 1.82) is 0 Å². The summed E-state index contributed by atoms with van der Waals surface area (Å²) < 4.78 is 9.71. The first-order valence-corrected chi connectivity index (χ1v) is 5.93. The van der Waals surface area contributed by atoms with E-state index in [2.05, 4.69) is 4.74 Å². The van der Waals surface area contributed by atoms with Gasteiger partial charge in [-0.2, -0.15) is 0 Å². The minimum absolute atomic E-state index is 0.0458. The van der Waals surface area contributed by atoms with Crippen LogP contribution < -0.4 is 0 Å². The van der Waals surface area contributed by atoms with Gasteiger partial charge in [0, 0.05) is 0 Å². The molecule has 7 nitrogen and oxygen atoms in total. The maximum absolute atomic E-state index is 11.8. The van der Waals surface area contributed by atoms with Crippen LogP contribution in [0.5, 0.6) is 0 Å². The molecule has 0 unspecified atom stereocenters. The maximum Gasteiger partial charge on any atom is 0.413 e. The van der Waals surface area contributed by atoms with Gasteiger partial charge in [-0.25, -0.2) is 9.59 Å². The second-order valence-electron chi connectivity index (χ2n) is 4.22.